The molecule has 1 aromatic carbocycles. The van der Waals surface area contributed by atoms with Crippen LogP contribution >= 0.6 is 15.9 Å². The van der Waals surface area contributed by atoms with Gasteiger partial charge in [-0.15, -0.1) is 0 Å². The standard InChI is InChI=1S/C25H29BrN8O.C2HF3O2/c1-17(15-27)34-12-4-5-22(24(34)35)30-23-21(26)16-28-25(31-23)29-18-6-8-20(9-7-18)33-13-10-19(11-14-33)32(2)3;3-2(4,5)1(6)7/h4-9,12,16-17,19H,10-11,13-14H2,1-3H3,(H2,28,29,30,31);(H,6,7). The van der Waals surface area contributed by atoms with Crippen molar-refractivity contribution >= 4 is 50.7 Å². The van der Waals surface area contributed by atoms with Gasteiger partial charge in [0.2, 0.25) is 5.95 Å². The summed E-state index contributed by atoms with van der Waals surface area (Å²) in [6.07, 6.45) is 0.465. The van der Waals surface area contributed by atoms with E-state index >= 15 is 0 Å². The number of aliphatic carboxylic acids is 1. The molecule has 1 unspecified atom stereocenters. The molecule has 42 heavy (non-hydrogen) atoms. The van der Waals surface area contributed by atoms with Crippen LogP contribution in [-0.4, -0.2) is 69.9 Å². The van der Waals surface area contributed by atoms with Crippen molar-refractivity contribution in [2.24, 2.45) is 0 Å². The quantitative estimate of drug-likeness (QED) is 0.315. The van der Waals surface area contributed by atoms with Gasteiger partial charge in [-0.3, -0.25) is 9.36 Å². The lowest BCUT2D eigenvalue weighted by molar-refractivity contribution is -0.192. The number of pyridine rings is 1. The second-order valence-electron chi connectivity index (χ2n) is 9.61. The Labute approximate surface area is 248 Å². The Balaban J connectivity index is 0.000000616. The number of alkyl halides is 3. The van der Waals surface area contributed by atoms with Gasteiger partial charge in [0, 0.05) is 42.9 Å². The highest BCUT2D eigenvalue weighted by Crippen LogP contribution is 2.27. The maximum absolute atomic E-state index is 12.7. The number of hydrogen-bond donors (Lipinski definition) is 3. The predicted molar refractivity (Wildman–Crippen MR) is 156 cm³/mol. The van der Waals surface area contributed by atoms with Crippen LogP contribution in [0.3, 0.4) is 0 Å². The molecule has 4 rings (SSSR count). The van der Waals surface area contributed by atoms with E-state index in [9.17, 15) is 18.0 Å². The minimum Gasteiger partial charge on any atom is -0.475 e. The van der Waals surface area contributed by atoms with E-state index in [4.69, 9.17) is 15.2 Å². The summed E-state index contributed by atoms with van der Waals surface area (Å²) in [6.45, 7) is 3.77. The van der Waals surface area contributed by atoms with Crippen LogP contribution in [0.25, 0.3) is 0 Å². The first-order valence-corrected chi connectivity index (χ1v) is 13.6. The van der Waals surface area contributed by atoms with Crippen molar-refractivity contribution in [2.45, 2.75) is 38.0 Å². The molecule has 0 spiro atoms. The molecule has 1 saturated heterocycles. The van der Waals surface area contributed by atoms with E-state index in [0.29, 0.717) is 28.0 Å². The lowest BCUT2D eigenvalue weighted by Crippen LogP contribution is -2.41. The van der Waals surface area contributed by atoms with Gasteiger partial charge >= 0.3 is 12.1 Å². The molecule has 3 N–H and O–H groups in total. The summed E-state index contributed by atoms with van der Waals surface area (Å²) in [5.41, 5.74) is 2.10. The molecule has 11 nitrogen and oxygen atoms in total. The molecule has 0 aliphatic carbocycles. The number of halogens is 4. The number of hydrogen-bond acceptors (Lipinski definition) is 9. The van der Waals surface area contributed by atoms with Crippen LogP contribution in [0.1, 0.15) is 25.8 Å². The summed E-state index contributed by atoms with van der Waals surface area (Å²) >= 11 is 3.44. The number of nitrogens with zero attached hydrogens (tertiary/aromatic N) is 6. The van der Waals surface area contributed by atoms with Crippen molar-refractivity contribution in [2.75, 3.05) is 42.7 Å². The van der Waals surface area contributed by atoms with Crippen LogP contribution in [0.5, 0.6) is 0 Å². The van der Waals surface area contributed by atoms with E-state index in [1.165, 1.54) is 10.3 Å². The van der Waals surface area contributed by atoms with Gasteiger partial charge in [-0.05, 0) is 86.2 Å². The minimum atomic E-state index is -5.08. The van der Waals surface area contributed by atoms with Crippen LogP contribution in [0, 0.1) is 11.3 Å². The highest BCUT2D eigenvalue weighted by atomic mass is 79.9. The second kappa shape index (κ2) is 14.1. The molecule has 3 aromatic rings. The van der Waals surface area contributed by atoms with Crippen molar-refractivity contribution in [3.05, 3.63) is 63.6 Å². The summed E-state index contributed by atoms with van der Waals surface area (Å²) in [6, 6.07) is 13.8. The molecule has 224 valence electrons. The molecular formula is C27H30BrF3N8O3. The van der Waals surface area contributed by atoms with Gasteiger partial charge in [0.15, 0.2) is 5.82 Å². The summed E-state index contributed by atoms with van der Waals surface area (Å²) < 4.78 is 33.7. The van der Waals surface area contributed by atoms with Crippen LogP contribution in [0.2, 0.25) is 0 Å². The minimum absolute atomic E-state index is 0.299. The zero-order valence-electron chi connectivity index (χ0n) is 23.1. The Morgan fingerprint density at radius 3 is 2.36 bits per heavy atom. The Morgan fingerprint density at radius 2 is 1.81 bits per heavy atom. The molecule has 1 fully saturated rings. The smallest absolute Gasteiger partial charge is 0.475 e. The molecular weight excluding hydrogens is 621 g/mol. The van der Waals surface area contributed by atoms with Gasteiger partial charge in [0.05, 0.1) is 10.5 Å². The molecule has 0 bridgehead atoms. The van der Waals surface area contributed by atoms with Gasteiger partial charge in [0.25, 0.3) is 5.56 Å². The molecule has 0 amide bonds. The molecule has 1 aliphatic heterocycles. The fourth-order valence-electron chi connectivity index (χ4n) is 4.14. The predicted octanol–water partition coefficient (Wildman–Crippen LogP) is 5.14. The van der Waals surface area contributed by atoms with Gasteiger partial charge < -0.3 is 25.5 Å². The largest absolute Gasteiger partial charge is 0.490 e. The normalized spacial score (nSPS) is 14.4. The monoisotopic (exact) mass is 650 g/mol. The maximum atomic E-state index is 12.7. The maximum Gasteiger partial charge on any atom is 0.490 e. The molecule has 0 saturated carbocycles. The average molecular weight is 651 g/mol. The third kappa shape index (κ3) is 8.67. The molecule has 15 heteroatoms. The third-order valence-corrected chi connectivity index (χ3v) is 7.08. The zero-order valence-corrected chi connectivity index (χ0v) is 24.6. The number of carbonyl (C=O) groups is 1. The van der Waals surface area contributed by atoms with Gasteiger partial charge in [-0.2, -0.15) is 23.4 Å². The van der Waals surface area contributed by atoms with Crippen molar-refractivity contribution in [1.29, 1.82) is 5.26 Å². The first kappa shape index (κ1) is 32.4. The highest BCUT2D eigenvalue weighted by Gasteiger charge is 2.38. The SMILES string of the molecule is CC(C#N)n1cccc(Nc2nc(Nc3ccc(N4CCC(N(C)C)CC4)cc3)ncc2Br)c1=O.O=C(O)C(F)(F)F. The van der Waals surface area contributed by atoms with E-state index in [0.717, 1.165) is 31.6 Å². The molecule has 2 aromatic heterocycles. The van der Waals surface area contributed by atoms with E-state index in [1.54, 1.807) is 31.5 Å². The Bertz CT molecular complexity index is 1470. The number of benzene rings is 1. The molecule has 1 aliphatic rings. The highest BCUT2D eigenvalue weighted by molar-refractivity contribution is 9.10. The first-order chi connectivity index (χ1) is 19.8. The van der Waals surface area contributed by atoms with Crippen molar-refractivity contribution in [3.8, 4) is 6.07 Å². The number of rotatable bonds is 7. The zero-order chi connectivity index (χ0) is 31.0. The number of nitrogens with one attached hydrogen (secondary N) is 2. The van der Waals surface area contributed by atoms with Crippen LogP contribution in [-0.2, 0) is 4.79 Å². The fraction of sp³-hybridized carbons (Fsp3) is 0.370. The van der Waals surface area contributed by atoms with Crippen molar-refractivity contribution < 1.29 is 23.1 Å². The van der Waals surface area contributed by atoms with E-state index in [1.807, 2.05) is 12.1 Å². The van der Waals surface area contributed by atoms with E-state index < -0.39 is 18.2 Å². The van der Waals surface area contributed by atoms with Gasteiger partial charge in [-0.25, -0.2) is 9.78 Å². The summed E-state index contributed by atoms with van der Waals surface area (Å²) in [4.78, 5) is 35.2. The van der Waals surface area contributed by atoms with Crippen molar-refractivity contribution in [3.63, 3.8) is 0 Å². The first-order valence-electron chi connectivity index (χ1n) is 12.8. The lowest BCUT2D eigenvalue weighted by atomic mass is 10.0. The van der Waals surface area contributed by atoms with Gasteiger partial charge in [0.1, 0.15) is 11.7 Å². The number of carboxylic acids is 1. The Morgan fingerprint density at radius 1 is 1.19 bits per heavy atom. The number of nitriles is 1. The average Bonchev–Trinajstić information content (AvgIpc) is 2.95. The summed E-state index contributed by atoms with van der Waals surface area (Å²) in [5.74, 6) is -1.91. The number of anilines is 5. The third-order valence-electron chi connectivity index (χ3n) is 6.50. The topological polar surface area (TPSA) is 139 Å². The van der Waals surface area contributed by atoms with Crippen LogP contribution in [0.4, 0.5) is 42.0 Å². The molecule has 1 atom stereocenters. The van der Waals surface area contributed by atoms with Crippen molar-refractivity contribution in [1.82, 2.24) is 19.4 Å². The van der Waals surface area contributed by atoms with Gasteiger partial charge in [-0.1, -0.05) is 0 Å². The summed E-state index contributed by atoms with van der Waals surface area (Å²) in [5, 5.41) is 22.6. The fourth-order valence-corrected chi connectivity index (χ4v) is 4.43. The van der Waals surface area contributed by atoms with Crippen LogP contribution in [0.15, 0.2) is 58.1 Å². The molecule has 3 heterocycles. The van der Waals surface area contributed by atoms with Crippen LogP contribution < -0.4 is 21.1 Å². The number of carboxylic acid groups (broad SMARTS) is 1. The Hall–Kier alpha value is -4.16. The molecule has 0 radical (unpaired) electrons. The number of aromatic nitrogens is 3. The number of piperidine rings is 1. The Kier molecular flexibility index (Phi) is 10.9. The lowest BCUT2D eigenvalue weighted by Gasteiger charge is -2.36. The second-order valence-corrected chi connectivity index (χ2v) is 10.5. The summed E-state index contributed by atoms with van der Waals surface area (Å²) in [7, 11) is 4.30. The van der Waals surface area contributed by atoms with E-state index in [2.05, 4.69) is 78.6 Å². The van der Waals surface area contributed by atoms with E-state index in [-0.39, 0.29) is 5.56 Å².